The molecule has 2 aromatic rings. The Kier molecular flexibility index (Phi) is 2.00. The third-order valence-corrected chi connectivity index (χ3v) is 2.64. The van der Waals surface area contributed by atoms with Crippen molar-refractivity contribution in [2.24, 2.45) is 7.05 Å². The van der Waals surface area contributed by atoms with Crippen LogP contribution in [0.15, 0.2) is 27.4 Å². The summed E-state index contributed by atoms with van der Waals surface area (Å²) in [5.41, 5.74) is 1.64. The highest BCUT2D eigenvalue weighted by Crippen LogP contribution is 2.14. The molecular weight excluding hydrogens is 198 g/mol. The standard InChI is InChI=1S/C10H9NO2S/c1-6-3-4-8-7(5-6)9(14)11(2)10(12)13-8/h3-5H,1-2H3. The molecule has 0 aliphatic rings. The van der Waals surface area contributed by atoms with Crippen LogP contribution in [0.2, 0.25) is 0 Å². The number of fused-ring (bicyclic) bond motifs is 1. The fraction of sp³-hybridized carbons (Fsp3) is 0.200. The molecule has 0 N–H and O–H groups in total. The lowest BCUT2D eigenvalue weighted by Crippen LogP contribution is -2.15. The minimum Gasteiger partial charge on any atom is -0.409 e. The highest BCUT2D eigenvalue weighted by Gasteiger charge is 2.02. The summed E-state index contributed by atoms with van der Waals surface area (Å²) in [6, 6.07) is 5.57. The molecule has 14 heavy (non-hydrogen) atoms. The van der Waals surface area contributed by atoms with Gasteiger partial charge in [0, 0.05) is 7.05 Å². The van der Waals surface area contributed by atoms with E-state index in [2.05, 4.69) is 0 Å². The van der Waals surface area contributed by atoms with Crippen molar-refractivity contribution in [1.82, 2.24) is 4.57 Å². The number of aryl methyl sites for hydroxylation is 1. The zero-order valence-corrected chi connectivity index (χ0v) is 8.72. The van der Waals surface area contributed by atoms with Crippen molar-refractivity contribution in [3.05, 3.63) is 39.0 Å². The van der Waals surface area contributed by atoms with E-state index in [4.69, 9.17) is 16.6 Å². The molecule has 0 atom stereocenters. The van der Waals surface area contributed by atoms with Gasteiger partial charge in [-0.3, -0.25) is 4.57 Å². The number of nitrogens with zero attached hydrogens (tertiary/aromatic N) is 1. The van der Waals surface area contributed by atoms with Gasteiger partial charge < -0.3 is 4.42 Å². The molecule has 72 valence electrons. The van der Waals surface area contributed by atoms with Gasteiger partial charge in [0.05, 0.1) is 5.39 Å². The average Bonchev–Trinajstić information content (AvgIpc) is 2.16. The second-order valence-corrected chi connectivity index (χ2v) is 3.62. The zero-order valence-electron chi connectivity index (χ0n) is 7.90. The van der Waals surface area contributed by atoms with Crippen LogP contribution in [0.3, 0.4) is 0 Å². The minimum absolute atomic E-state index is 0.425. The maximum atomic E-state index is 11.3. The molecule has 1 heterocycles. The van der Waals surface area contributed by atoms with Crippen LogP contribution >= 0.6 is 12.2 Å². The highest BCUT2D eigenvalue weighted by molar-refractivity contribution is 7.71. The van der Waals surface area contributed by atoms with E-state index >= 15 is 0 Å². The van der Waals surface area contributed by atoms with Crippen molar-refractivity contribution in [1.29, 1.82) is 0 Å². The number of hydrogen-bond donors (Lipinski definition) is 0. The van der Waals surface area contributed by atoms with Crippen LogP contribution in [0.4, 0.5) is 0 Å². The molecule has 0 saturated carbocycles. The van der Waals surface area contributed by atoms with Gasteiger partial charge in [-0.25, -0.2) is 4.79 Å². The molecule has 4 heteroatoms. The first-order valence-electron chi connectivity index (χ1n) is 4.20. The third kappa shape index (κ3) is 1.28. The molecule has 1 aromatic carbocycles. The van der Waals surface area contributed by atoms with E-state index in [1.807, 2.05) is 19.1 Å². The number of aromatic nitrogens is 1. The Morgan fingerprint density at radius 1 is 1.43 bits per heavy atom. The van der Waals surface area contributed by atoms with Crippen LogP contribution in [0.5, 0.6) is 0 Å². The van der Waals surface area contributed by atoms with Crippen molar-refractivity contribution >= 4 is 23.2 Å². The summed E-state index contributed by atoms with van der Waals surface area (Å²) in [5.74, 6) is -0.425. The molecule has 0 saturated heterocycles. The van der Waals surface area contributed by atoms with Crippen molar-refractivity contribution in [3.63, 3.8) is 0 Å². The van der Waals surface area contributed by atoms with Gasteiger partial charge in [0.2, 0.25) is 0 Å². The monoisotopic (exact) mass is 207 g/mol. The zero-order chi connectivity index (χ0) is 10.3. The third-order valence-electron chi connectivity index (χ3n) is 2.14. The Balaban J connectivity index is 3.07. The van der Waals surface area contributed by atoms with Gasteiger partial charge in [0.25, 0.3) is 0 Å². The quantitative estimate of drug-likeness (QED) is 0.621. The summed E-state index contributed by atoms with van der Waals surface area (Å²) in [6.45, 7) is 1.97. The van der Waals surface area contributed by atoms with Crippen LogP contribution in [-0.4, -0.2) is 4.57 Å². The Bertz CT molecular complexity index is 610. The molecule has 0 bridgehead atoms. The molecule has 0 aliphatic carbocycles. The average molecular weight is 207 g/mol. The van der Waals surface area contributed by atoms with Gasteiger partial charge in [-0.15, -0.1) is 0 Å². The first-order valence-corrected chi connectivity index (χ1v) is 4.61. The Morgan fingerprint density at radius 3 is 2.86 bits per heavy atom. The molecule has 1 aromatic heterocycles. The molecule has 0 unspecified atom stereocenters. The largest absolute Gasteiger partial charge is 0.420 e. The van der Waals surface area contributed by atoms with Crippen molar-refractivity contribution in [3.8, 4) is 0 Å². The Hall–Kier alpha value is -1.42. The first-order chi connectivity index (χ1) is 6.59. The molecule has 0 spiro atoms. The second-order valence-electron chi connectivity index (χ2n) is 3.23. The van der Waals surface area contributed by atoms with Crippen LogP contribution in [0.25, 0.3) is 11.0 Å². The molecule has 2 rings (SSSR count). The fourth-order valence-corrected chi connectivity index (χ4v) is 1.56. The maximum absolute atomic E-state index is 11.3. The van der Waals surface area contributed by atoms with Crippen LogP contribution in [-0.2, 0) is 7.05 Å². The van der Waals surface area contributed by atoms with Crippen molar-refractivity contribution in [2.45, 2.75) is 6.92 Å². The fourth-order valence-electron chi connectivity index (χ4n) is 1.33. The Labute approximate surface area is 85.6 Å². The van der Waals surface area contributed by atoms with E-state index in [1.54, 1.807) is 13.1 Å². The van der Waals surface area contributed by atoms with Gasteiger partial charge in [0.15, 0.2) is 0 Å². The second kappa shape index (κ2) is 3.06. The molecule has 0 fully saturated rings. The summed E-state index contributed by atoms with van der Waals surface area (Å²) < 4.78 is 6.91. The molecule has 0 aliphatic heterocycles. The predicted molar refractivity (Wildman–Crippen MR) is 57.0 cm³/mol. The van der Waals surface area contributed by atoms with Crippen LogP contribution < -0.4 is 5.76 Å². The summed E-state index contributed by atoms with van der Waals surface area (Å²) in [4.78, 5) is 11.3. The van der Waals surface area contributed by atoms with E-state index < -0.39 is 5.76 Å². The summed E-state index contributed by atoms with van der Waals surface area (Å²) in [5, 5.41) is 0.808. The van der Waals surface area contributed by atoms with Crippen LogP contribution in [0.1, 0.15) is 5.56 Å². The van der Waals surface area contributed by atoms with Gasteiger partial charge in [-0.1, -0.05) is 23.8 Å². The van der Waals surface area contributed by atoms with Gasteiger partial charge in [-0.05, 0) is 19.1 Å². The Morgan fingerprint density at radius 2 is 2.14 bits per heavy atom. The van der Waals surface area contributed by atoms with Gasteiger partial charge in [-0.2, -0.15) is 0 Å². The van der Waals surface area contributed by atoms with E-state index in [-0.39, 0.29) is 0 Å². The van der Waals surface area contributed by atoms with E-state index in [0.717, 1.165) is 10.9 Å². The van der Waals surface area contributed by atoms with E-state index in [1.165, 1.54) is 4.57 Å². The predicted octanol–water partition coefficient (Wildman–Crippen LogP) is 2.17. The summed E-state index contributed by atoms with van der Waals surface area (Å²) in [6.07, 6.45) is 0. The van der Waals surface area contributed by atoms with E-state index in [9.17, 15) is 4.79 Å². The lowest BCUT2D eigenvalue weighted by atomic mass is 10.2. The van der Waals surface area contributed by atoms with Crippen LogP contribution in [0, 0.1) is 11.6 Å². The molecular formula is C10H9NO2S. The normalized spacial score (nSPS) is 10.7. The topological polar surface area (TPSA) is 35.1 Å². The highest BCUT2D eigenvalue weighted by atomic mass is 32.1. The summed E-state index contributed by atoms with van der Waals surface area (Å²) >= 11 is 5.14. The van der Waals surface area contributed by atoms with E-state index in [0.29, 0.717) is 10.2 Å². The SMILES string of the molecule is Cc1ccc2oc(=O)n(C)c(=S)c2c1. The number of hydrogen-bond acceptors (Lipinski definition) is 3. The number of rotatable bonds is 0. The number of benzene rings is 1. The molecule has 0 amide bonds. The van der Waals surface area contributed by atoms with Gasteiger partial charge in [0.1, 0.15) is 10.2 Å². The molecule has 3 nitrogen and oxygen atoms in total. The smallest absolute Gasteiger partial charge is 0.409 e. The molecule has 0 radical (unpaired) electrons. The van der Waals surface area contributed by atoms with Crippen molar-refractivity contribution in [2.75, 3.05) is 0 Å². The first kappa shape index (κ1) is 9.15. The minimum atomic E-state index is -0.425. The van der Waals surface area contributed by atoms with Crippen molar-refractivity contribution < 1.29 is 4.42 Å². The summed E-state index contributed by atoms with van der Waals surface area (Å²) in [7, 11) is 1.61. The lowest BCUT2D eigenvalue weighted by molar-refractivity contribution is 0.489. The maximum Gasteiger partial charge on any atom is 0.420 e. The lowest BCUT2D eigenvalue weighted by Gasteiger charge is -2.01. The van der Waals surface area contributed by atoms with Gasteiger partial charge >= 0.3 is 5.76 Å².